The van der Waals surface area contributed by atoms with E-state index in [-0.39, 0.29) is 5.91 Å². The molecule has 0 aliphatic rings. The Bertz CT molecular complexity index is 344. The summed E-state index contributed by atoms with van der Waals surface area (Å²) in [6.45, 7) is 2.96. The molecule has 0 aromatic carbocycles. The molecule has 0 atom stereocenters. The summed E-state index contributed by atoms with van der Waals surface area (Å²) in [6, 6.07) is 0. The molecule has 0 saturated heterocycles. The van der Waals surface area contributed by atoms with Crippen molar-refractivity contribution in [2.45, 2.75) is 26.3 Å². The number of aryl methyl sites for hydroxylation is 1. The molecule has 0 fully saturated rings. The van der Waals surface area contributed by atoms with E-state index in [9.17, 15) is 4.79 Å². The summed E-state index contributed by atoms with van der Waals surface area (Å²) < 4.78 is 2.16. The third-order valence-corrected chi connectivity index (χ3v) is 2.02. The van der Waals surface area contributed by atoms with Gasteiger partial charge in [-0.25, -0.2) is 4.68 Å². The first-order valence-corrected chi connectivity index (χ1v) is 4.83. The van der Waals surface area contributed by atoms with Gasteiger partial charge in [0.05, 0.1) is 0 Å². The molecule has 0 aliphatic carbocycles. The molecule has 2 N–H and O–H groups in total. The van der Waals surface area contributed by atoms with Crippen LogP contribution in [0.2, 0.25) is 0 Å². The number of tetrazole rings is 1. The number of hydrogen-bond donors (Lipinski definition) is 2. The molecule has 0 saturated carbocycles. The van der Waals surface area contributed by atoms with Crippen LogP contribution in [0.5, 0.6) is 0 Å². The number of aromatic amines is 1. The first kappa shape index (κ1) is 10.8. The SMILES string of the molecule is CC(=O)NCCCCn1[nH]nnc1=S. The maximum absolute atomic E-state index is 10.5. The molecule has 1 rings (SSSR count). The molecular formula is C7H13N5OS. The lowest BCUT2D eigenvalue weighted by molar-refractivity contribution is -0.118. The number of H-pyrrole nitrogens is 1. The van der Waals surface area contributed by atoms with Gasteiger partial charge in [-0.1, -0.05) is 10.3 Å². The number of unbranched alkanes of at least 4 members (excludes halogenated alkanes) is 1. The highest BCUT2D eigenvalue weighted by Gasteiger charge is 1.95. The minimum atomic E-state index is 0.00446. The Balaban J connectivity index is 2.13. The minimum absolute atomic E-state index is 0.00446. The lowest BCUT2D eigenvalue weighted by atomic mass is 10.3. The molecule has 0 radical (unpaired) electrons. The molecule has 1 aromatic rings. The molecule has 78 valence electrons. The van der Waals surface area contributed by atoms with Crippen molar-refractivity contribution in [1.82, 2.24) is 25.5 Å². The average Bonchev–Trinajstić information content (AvgIpc) is 2.51. The van der Waals surface area contributed by atoms with Crippen LogP contribution >= 0.6 is 12.2 Å². The van der Waals surface area contributed by atoms with Gasteiger partial charge in [-0.2, -0.15) is 5.21 Å². The molecular weight excluding hydrogens is 202 g/mol. The average molecular weight is 215 g/mol. The standard InChI is InChI=1S/C7H13N5OS/c1-6(13)8-4-2-3-5-12-7(14)9-10-11-12/h2-5H2,1H3,(H,8,13)(H,9,11,14). The van der Waals surface area contributed by atoms with Crippen molar-refractivity contribution in [3.8, 4) is 0 Å². The number of nitrogens with zero attached hydrogens (tertiary/aromatic N) is 3. The monoisotopic (exact) mass is 215 g/mol. The van der Waals surface area contributed by atoms with Crippen molar-refractivity contribution < 1.29 is 4.79 Å². The molecule has 0 unspecified atom stereocenters. The summed E-state index contributed by atoms with van der Waals surface area (Å²) in [5, 5.41) is 12.6. The summed E-state index contributed by atoms with van der Waals surface area (Å²) in [4.78, 5) is 10.5. The van der Waals surface area contributed by atoms with Gasteiger partial charge in [0.2, 0.25) is 10.7 Å². The van der Waals surface area contributed by atoms with Crippen molar-refractivity contribution in [1.29, 1.82) is 0 Å². The third-order valence-electron chi connectivity index (χ3n) is 1.71. The molecule has 0 bridgehead atoms. The first-order chi connectivity index (χ1) is 6.70. The van der Waals surface area contributed by atoms with Crippen LogP contribution in [0.1, 0.15) is 19.8 Å². The molecule has 14 heavy (non-hydrogen) atoms. The zero-order valence-electron chi connectivity index (χ0n) is 7.99. The van der Waals surface area contributed by atoms with E-state index in [4.69, 9.17) is 12.2 Å². The summed E-state index contributed by atoms with van der Waals surface area (Å²) in [5.74, 6) is 0.00446. The van der Waals surface area contributed by atoms with Crippen molar-refractivity contribution in [3.05, 3.63) is 4.77 Å². The Morgan fingerprint density at radius 1 is 1.64 bits per heavy atom. The quantitative estimate of drug-likeness (QED) is 0.545. The fourth-order valence-electron chi connectivity index (χ4n) is 1.02. The van der Waals surface area contributed by atoms with E-state index in [0.717, 1.165) is 19.4 Å². The lowest BCUT2D eigenvalue weighted by Crippen LogP contribution is -2.21. The highest BCUT2D eigenvalue weighted by Crippen LogP contribution is 1.92. The zero-order valence-corrected chi connectivity index (χ0v) is 8.80. The fraction of sp³-hybridized carbons (Fsp3) is 0.714. The highest BCUT2D eigenvalue weighted by atomic mass is 32.1. The van der Waals surface area contributed by atoms with Crippen LogP contribution in [0.3, 0.4) is 0 Å². The second-order valence-corrected chi connectivity index (χ2v) is 3.29. The molecule has 1 heterocycles. The number of carbonyl (C=O) groups is 1. The highest BCUT2D eigenvalue weighted by molar-refractivity contribution is 7.71. The normalized spacial score (nSPS) is 10.1. The van der Waals surface area contributed by atoms with E-state index < -0.39 is 0 Å². The number of nitrogens with one attached hydrogen (secondary N) is 2. The second kappa shape index (κ2) is 5.48. The zero-order chi connectivity index (χ0) is 10.4. The maximum Gasteiger partial charge on any atom is 0.238 e. The molecule has 7 heteroatoms. The van der Waals surface area contributed by atoms with Crippen LogP contribution in [0, 0.1) is 4.77 Å². The Kier molecular flexibility index (Phi) is 4.24. The van der Waals surface area contributed by atoms with Crippen LogP contribution < -0.4 is 5.32 Å². The third kappa shape index (κ3) is 3.65. The van der Waals surface area contributed by atoms with Gasteiger partial charge in [0.15, 0.2) is 0 Å². The summed E-state index contributed by atoms with van der Waals surface area (Å²) >= 11 is 4.89. The minimum Gasteiger partial charge on any atom is -0.356 e. The molecule has 0 aliphatic heterocycles. The largest absolute Gasteiger partial charge is 0.356 e. The molecule has 1 aromatic heterocycles. The number of carbonyl (C=O) groups excluding carboxylic acids is 1. The summed E-state index contributed by atoms with van der Waals surface area (Å²) in [5.41, 5.74) is 0. The van der Waals surface area contributed by atoms with Gasteiger partial charge < -0.3 is 5.32 Å². The van der Waals surface area contributed by atoms with Gasteiger partial charge >= 0.3 is 0 Å². The number of amides is 1. The number of hydrogen-bond acceptors (Lipinski definition) is 4. The van der Waals surface area contributed by atoms with Crippen molar-refractivity contribution in [2.75, 3.05) is 6.54 Å². The Morgan fingerprint density at radius 2 is 2.43 bits per heavy atom. The fourth-order valence-corrected chi connectivity index (χ4v) is 1.19. The van der Waals surface area contributed by atoms with Crippen LogP contribution in [-0.2, 0) is 11.3 Å². The van der Waals surface area contributed by atoms with E-state index in [1.54, 1.807) is 4.68 Å². The second-order valence-electron chi connectivity index (χ2n) is 2.92. The van der Waals surface area contributed by atoms with Crippen molar-refractivity contribution in [2.24, 2.45) is 0 Å². The van der Waals surface area contributed by atoms with E-state index in [0.29, 0.717) is 11.3 Å². The molecule has 1 amide bonds. The smallest absolute Gasteiger partial charge is 0.238 e. The molecule has 6 nitrogen and oxygen atoms in total. The summed E-state index contributed by atoms with van der Waals surface area (Å²) in [7, 11) is 0. The van der Waals surface area contributed by atoms with Gasteiger partial charge in [-0.15, -0.1) is 0 Å². The predicted octanol–water partition coefficient (Wildman–Crippen LogP) is 0.252. The summed E-state index contributed by atoms with van der Waals surface area (Å²) in [6.07, 6.45) is 1.85. The van der Waals surface area contributed by atoms with E-state index >= 15 is 0 Å². The maximum atomic E-state index is 10.5. The topological polar surface area (TPSA) is 75.6 Å². The van der Waals surface area contributed by atoms with Crippen molar-refractivity contribution in [3.63, 3.8) is 0 Å². The van der Waals surface area contributed by atoms with E-state index in [1.165, 1.54) is 6.92 Å². The first-order valence-electron chi connectivity index (χ1n) is 4.42. The van der Waals surface area contributed by atoms with Crippen LogP contribution in [-0.4, -0.2) is 32.7 Å². The van der Waals surface area contributed by atoms with Gasteiger partial charge in [-0.05, 0) is 25.1 Å². The van der Waals surface area contributed by atoms with Gasteiger partial charge in [-0.3, -0.25) is 4.79 Å². The number of aromatic nitrogens is 4. The van der Waals surface area contributed by atoms with Gasteiger partial charge in [0, 0.05) is 20.0 Å². The van der Waals surface area contributed by atoms with Crippen LogP contribution in [0.15, 0.2) is 0 Å². The Morgan fingerprint density at radius 3 is 3.00 bits per heavy atom. The van der Waals surface area contributed by atoms with Crippen LogP contribution in [0.4, 0.5) is 0 Å². The van der Waals surface area contributed by atoms with Gasteiger partial charge in [0.25, 0.3) is 0 Å². The van der Waals surface area contributed by atoms with E-state index in [1.807, 2.05) is 0 Å². The van der Waals surface area contributed by atoms with Gasteiger partial charge in [0.1, 0.15) is 0 Å². The van der Waals surface area contributed by atoms with Crippen LogP contribution in [0.25, 0.3) is 0 Å². The lowest BCUT2D eigenvalue weighted by Gasteiger charge is -2.02. The number of rotatable bonds is 5. The predicted molar refractivity (Wildman–Crippen MR) is 53.1 cm³/mol. The molecule has 0 spiro atoms. The van der Waals surface area contributed by atoms with E-state index in [2.05, 4.69) is 20.8 Å². The Hall–Kier alpha value is -1.24. The van der Waals surface area contributed by atoms with Crippen molar-refractivity contribution >= 4 is 18.1 Å². The Labute approximate surface area is 86.7 Å².